The van der Waals surface area contributed by atoms with Crippen molar-refractivity contribution in [2.75, 3.05) is 60.7 Å². The number of ether oxygens (including phenoxy) is 8. The Balaban J connectivity index is 1.25. The number of Topliss-reactive ketones (excluding diaryl/α,β-unsaturated/α-hetero) is 2. The van der Waals surface area contributed by atoms with Crippen molar-refractivity contribution in [3.63, 3.8) is 0 Å². The van der Waals surface area contributed by atoms with Gasteiger partial charge in [0, 0.05) is 81.5 Å². The molecule has 0 saturated carbocycles. The Hall–Kier alpha value is -4.34. The van der Waals surface area contributed by atoms with Crippen LogP contribution in [-0.2, 0) is 44.4 Å². The number of aliphatic hydroxyl groups is 2. The molecule has 14 atom stereocenters. The largest absolute Gasteiger partial charge is 0.493 e. The van der Waals surface area contributed by atoms with Crippen molar-refractivity contribution in [3.8, 4) is 11.5 Å². The zero-order valence-corrected chi connectivity index (χ0v) is 45.4. The monoisotopic (exact) mass is 1060 g/mol. The van der Waals surface area contributed by atoms with E-state index in [1.54, 1.807) is 71.7 Å². The van der Waals surface area contributed by atoms with Gasteiger partial charge >= 0.3 is 18.1 Å². The molecule has 1 aromatic heterocycles. The fraction of sp³-hybridized carbons (Fsp3) is 0.692. The molecule has 1 aromatic carbocycles. The van der Waals surface area contributed by atoms with Crippen LogP contribution in [0.2, 0.25) is 10.0 Å². The number of cyclic esters (lactones) is 1. The number of ketones is 2. The predicted molar refractivity (Wildman–Crippen MR) is 268 cm³/mol. The third-order valence-electron chi connectivity index (χ3n) is 15.4. The number of amides is 3. The molecule has 4 aliphatic rings. The maximum absolute atomic E-state index is 15.0. The van der Waals surface area contributed by atoms with Gasteiger partial charge in [-0.05, 0) is 71.6 Å². The summed E-state index contributed by atoms with van der Waals surface area (Å²) in [4.78, 5) is 79.0. The Bertz CT molecular complexity index is 2270. The number of pyridine rings is 1. The van der Waals surface area contributed by atoms with Gasteiger partial charge in [-0.25, -0.2) is 9.59 Å². The first kappa shape index (κ1) is 57.9. The minimum Gasteiger partial charge on any atom is -0.493 e. The molecule has 0 aliphatic carbocycles. The fourth-order valence-corrected chi connectivity index (χ4v) is 11.6. The Morgan fingerprint density at radius 1 is 0.959 bits per heavy atom. The number of urea groups is 1. The Kier molecular flexibility index (Phi) is 19.5. The highest BCUT2D eigenvalue weighted by atomic mass is 35.5. The van der Waals surface area contributed by atoms with Crippen LogP contribution in [0.3, 0.4) is 0 Å². The summed E-state index contributed by atoms with van der Waals surface area (Å²) in [6, 6.07) is 2.85. The smallest absolute Gasteiger partial charge is 0.410 e. The number of nitrogens with zero attached hydrogens (tertiary/aromatic N) is 4. The molecule has 2 N–H and O–H groups in total. The van der Waals surface area contributed by atoms with E-state index in [0.717, 1.165) is 0 Å². The summed E-state index contributed by atoms with van der Waals surface area (Å²) in [5.41, 5.74) is -2.13. The van der Waals surface area contributed by atoms with Crippen LogP contribution >= 0.6 is 23.2 Å². The molecule has 2 aromatic rings. The van der Waals surface area contributed by atoms with Crippen molar-refractivity contribution in [2.24, 2.45) is 23.7 Å². The fourth-order valence-electron chi connectivity index (χ4n) is 11.1. The SMILES string of the molecule is CC[C@H]1OC(=O)[C@H](C)[C@@H](O)[C@H](C)[C@@H](O[C@@H]2O[C@H](C)C[C@H](N(C)C(=O)N3CCOCC3)[C@H]2O)[C@](C)(OC)C[C@@H](C)C(=O)[C@H](C)[C@H]2N(CCCOc3cc(C(=O)Cc4c(Cl)cncc4Cl)ccc3OC)C(=O)O[C@]12C. The lowest BCUT2D eigenvalue weighted by Crippen LogP contribution is -2.62. The number of aliphatic hydroxyl groups excluding tert-OH is 2. The molecule has 4 saturated heterocycles. The number of morpholine rings is 1. The van der Waals surface area contributed by atoms with E-state index in [0.29, 0.717) is 49.6 Å². The Morgan fingerprint density at radius 2 is 1.63 bits per heavy atom. The van der Waals surface area contributed by atoms with Crippen molar-refractivity contribution < 1.29 is 72.1 Å². The summed E-state index contributed by atoms with van der Waals surface area (Å²) < 4.78 is 48.8. The number of methoxy groups -OCH3 is 2. The second kappa shape index (κ2) is 24.6. The van der Waals surface area contributed by atoms with Crippen molar-refractivity contribution in [1.29, 1.82) is 0 Å². The number of carbonyl (C=O) groups is 5. The van der Waals surface area contributed by atoms with Gasteiger partial charge in [0.1, 0.15) is 18.0 Å². The van der Waals surface area contributed by atoms with Crippen molar-refractivity contribution in [3.05, 3.63) is 51.8 Å². The van der Waals surface area contributed by atoms with Crippen LogP contribution in [0.4, 0.5) is 9.59 Å². The van der Waals surface area contributed by atoms with Crippen LogP contribution in [0.15, 0.2) is 30.6 Å². The third kappa shape index (κ3) is 12.5. The van der Waals surface area contributed by atoms with E-state index in [9.17, 15) is 34.2 Å². The molecule has 19 nitrogen and oxygen atoms in total. The quantitative estimate of drug-likeness (QED) is 0.119. The second-order valence-corrected chi connectivity index (χ2v) is 21.2. The van der Waals surface area contributed by atoms with E-state index in [1.165, 1.54) is 43.3 Å². The number of rotatable bonds is 14. The first-order valence-corrected chi connectivity index (χ1v) is 25.9. The van der Waals surface area contributed by atoms with E-state index in [4.69, 9.17) is 61.1 Å². The van der Waals surface area contributed by atoms with Crippen LogP contribution in [-0.4, -0.2) is 180 Å². The zero-order valence-electron chi connectivity index (χ0n) is 43.8. The predicted octanol–water partition coefficient (Wildman–Crippen LogP) is 6.41. The average Bonchev–Trinajstić information content (AvgIpc) is 3.64. The number of halogens is 2. The van der Waals surface area contributed by atoms with Crippen molar-refractivity contribution >= 4 is 52.9 Å². The number of carbonyl (C=O) groups excluding carboxylic acids is 5. The Labute approximate surface area is 438 Å². The van der Waals surface area contributed by atoms with Gasteiger partial charge in [0.25, 0.3) is 0 Å². The van der Waals surface area contributed by atoms with Gasteiger partial charge in [-0.1, -0.05) is 50.9 Å². The van der Waals surface area contributed by atoms with E-state index in [2.05, 4.69) is 4.98 Å². The molecule has 0 unspecified atom stereocenters. The molecule has 3 amide bonds. The summed E-state index contributed by atoms with van der Waals surface area (Å²) >= 11 is 12.6. The lowest BCUT2D eigenvalue weighted by molar-refractivity contribution is -0.300. The summed E-state index contributed by atoms with van der Waals surface area (Å²) in [6.07, 6.45) is -3.89. The number of hydrogen-bond donors (Lipinski definition) is 2. The van der Waals surface area contributed by atoms with Gasteiger partial charge in [-0.3, -0.25) is 19.4 Å². The number of esters is 1. The lowest BCUT2D eigenvalue weighted by atomic mass is 9.73. The maximum atomic E-state index is 15.0. The summed E-state index contributed by atoms with van der Waals surface area (Å²) in [7, 11) is 4.56. The average molecular weight is 1070 g/mol. The molecule has 0 bridgehead atoms. The van der Waals surface area contributed by atoms with Crippen LogP contribution in [0.5, 0.6) is 11.5 Å². The molecule has 406 valence electrons. The van der Waals surface area contributed by atoms with Gasteiger partial charge in [-0.2, -0.15) is 0 Å². The summed E-state index contributed by atoms with van der Waals surface area (Å²) in [5, 5.41) is 24.6. The highest BCUT2D eigenvalue weighted by Gasteiger charge is 2.60. The molecule has 4 fully saturated rings. The van der Waals surface area contributed by atoms with Gasteiger partial charge < -0.3 is 62.8 Å². The van der Waals surface area contributed by atoms with E-state index in [1.807, 2.05) is 6.92 Å². The molecule has 6 rings (SSSR count). The molecule has 21 heteroatoms. The number of hydrogen-bond acceptors (Lipinski definition) is 16. The topological polar surface area (TPSA) is 222 Å². The second-order valence-electron chi connectivity index (χ2n) is 20.4. The molecular formula is C52H74Cl2N4O15. The van der Waals surface area contributed by atoms with Crippen molar-refractivity contribution in [1.82, 2.24) is 19.7 Å². The normalized spacial score (nSPS) is 33.5. The van der Waals surface area contributed by atoms with E-state index >= 15 is 0 Å². The highest BCUT2D eigenvalue weighted by molar-refractivity contribution is 6.36. The van der Waals surface area contributed by atoms with Crippen LogP contribution in [0.1, 0.15) is 97.0 Å². The van der Waals surface area contributed by atoms with Gasteiger partial charge in [0.15, 0.2) is 29.2 Å². The first-order valence-electron chi connectivity index (χ1n) is 25.2. The van der Waals surface area contributed by atoms with Crippen molar-refractivity contribution in [2.45, 2.75) is 148 Å². The van der Waals surface area contributed by atoms with E-state index in [-0.39, 0.29) is 72.2 Å². The van der Waals surface area contributed by atoms with Crippen LogP contribution in [0.25, 0.3) is 0 Å². The lowest BCUT2D eigenvalue weighted by Gasteiger charge is -2.48. The minimum absolute atomic E-state index is 0.0414. The third-order valence-corrected chi connectivity index (χ3v) is 16.0. The van der Waals surface area contributed by atoms with Crippen LogP contribution < -0.4 is 9.47 Å². The number of aromatic nitrogens is 1. The number of benzene rings is 1. The van der Waals surface area contributed by atoms with Crippen LogP contribution in [0, 0.1) is 23.7 Å². The number of likely N-dealkylation sites (N-methyl/N-ethyl adjacent to an activating group) is 1. The molecular weight excluding hydrogens is 991 g/mol. The van der Waals surface area contributed by atoms with E-state index < -0.39 is 95.8 Å². The molecule has 0 radical (unpaired) electrons. The van der Waals surface area contributed by atoms with Gasteiger partial charge in [0.2, 0.25) is 0 Å². The standard InChI is InChI=1S/C52H74Cl2N4O15/c1-12-41-52(8)45(58(50(65)73-52)16-13-19-69-40-23-33(14-15-39(40)66-10)38(59)24-34-35(53)26-55-27-36(34)54)30(4)42(60)28(2)25-51(7,67-11)46(31(5)43(61)32(6)47(63)71-41)72-48-44(62)37(22-29(3)70-48)56(9)49(64)57-17-20-68-21-18-57/h14-15,23,26-32,37,41,43-46,48,61-62H,12-13,16-22,24-25H2,1-11H3/t28-,29-,30+,31+,32-,37+,41-,43+,44-,45-,46-,48+,51-,52-/m1/s1. The molecule has 0 spiro atoms. The van der Waals surface area contributed by atoms with Gasteiger partial charge in [0.05, 0.1) is 78.9 Å². The summed E-state index contributed by atoms with van der Waals surface area (Å²) in [6.45, 7) is 15.5. The molecule has 73 heavy (non-hydrogen) atoms. The molecule has 4 aliphatic heterocycles. The Morgan fingerprint density at radius 3 is 2.26 bits per heavy atom. The first-order chi connectivity index (χ1) is 34.5. The maximum Gasteiger partial charge on any atom is 0.410 e. The number of fused-ring (bicyclic) bond motifs is 1. The highest BCUT2D eigenvalue weighted by Crippen LogP contribution is 2.44. The summed E-state index contributed by atoms with van der Waals surface area (Å²) in [5.74, 6) is -4.34. The zero-order chi connectivity index (χ0) is 53.7. The van der Waals surface area contributed by atoms with Gasteiger partial charge in [-0.15, -0.1) is 0 Å². The molecule has 5 heterocycles. The minimum atomic E-state index is -1.52.